The number of halogens is 1. The Balaban J connectivity index is 2.42. The highest BCUT2D eigenvalue weighted by Gasteiger charge is 2.17. The summed E-state index contributed by atoms with van der Waals surface area (Å²) in [4.78, 5) is 0.563. The molecule has 19 heavy (non-hydrogen) atoms. The summed E-state index contributed by atoms with van der Waals surface area (Å²) in [6.07, 6.45) is 0. The number of hydrogen-bond donors (Lipinski definition) is 0. The highest BCUT2D eigenvalue weighted by Crippen LogP contribution is 2.24. The Bertz CT molecular complexity index is 656. The fraction of sp³-hybridized carbons (Fsp3) is 0.200. The summed E-state index contributed by atoms with van der Waals surface area (Å²) >= 11 is 5.77. The summed E-state index contributed by atoms with van der Waals surface area (Å²) in [6.45, 7) is 4.14. The van der Waals surface area contributed by atoms with Gasteiger partial charge in [0.2, 0.25) is 9.84 Å². The lowest BCUT2D eigenvalue weighted by molar-refractivity contribution is 0.596. The molecule has 2 aromatic carbocycles. The van der Waals surface area contributed by atoms with Gasteiger partial charge in [0.25, 0.3) is 0 Å². The van der Waals surface area contributed by atoms with Gasteiger partial charge in [0, 0.05) is 5.02 Å². The van der Waals surface area contributed by atoms with Gasteiger partial charge in [-0.05, 0) is 47.9 Å². The van der Waals surface area contributed by atoms with Crippen molar-refractivity contribution in [1.82, 2.24) is 0 Å². The van der Waals surface area contributed by atoms with Crippen molar-refractivity contribution < 1.29 is 8.42 Å². The summed E-state index contributed by atoms with van der Waals surface area (Å²) < 4.78 is 24.8. The zero-order valence-electron chi connectivity index (χ0n) is 10.8. The molecule has 2 aromatic rings. The fourth-order valence-electron chi connectivity index (χ4n) is 1.78. The van der Waals surface area contributed by atoms with Gasteiger partial charge in [-0.15, -0.1) is 0 Å². The molecule has 0 radical (unpaired) electrons. The van der Waals surface area contributed by atoms with E-state index in [9.17, 15) is 8.42 Å². The maximum absolute atomic E-state index is 12.4. The molecule has 0 saturated heterocycles. The zero-order valence-corrected chi connectivity index (χ0v) is 12.4. The molecular weight excluding hydrogens is 280 g/mol. The predicted molar refractivity (Wildman–Crippen MR) is 77.4 cm³/mol. The second-order valence-corrected chi connectivity index (χ2v) is 7.07. The topological polar surface area (TPSA) is 34.1 Å². The van der Waals surface area contributed by atoms with E-state index < -0.39 is 9.84 Å². The molecule has 0 aliphatic carbocycles. The molecule has 2 rings (SSSR count). The molecule has 0 aromatic heterocycles. The number of sulfone groups is 1. The number of benzene rings is 2. The summed E-state index contributed by atoms with van der Waals surface area (Å²) in [5, 5.41) is 0.522. The van der Waals surface area contributed by atoms with Crippen LogP contribution in [-0.4, -0.2) is 8.42 Å². The number of rotatable bonds is 3. The van der Waals surface area contributed by atoms with Crippen LogP contribution in [0.2, 0.25) is 5.02 Å². The van der Waals surface area contributed by atoms with Crippen molar-refractivity contribution in [3.63, 3.8) is 0 Å². The fourth-order valence-corrected chi connectivity index (χ4v) is 3.17. The van der Waals surface area contributed by atoms with Crippen molar-refractivity contribution in [2.45, 2.75) is 29.6 Å². The van der Waals surface area contributed by atoms with Crippen LogP contribution in [0.25, 0.3) is 0 Å². The van der Waals surface area contributed by atoms with E-state index in [-0.39, 0.29) is 4.90 Å². The Morgan fingerprint density at radius 2 is 1.26 bits per heavy atom. The van der Waals surface area contributed by atoms with Crippen LogP contribution in [0.1, 0.15) is 25.3 Å². The molecule has 0 amide bonds. The van der Waals surface area contributed by atoms with Crippen LogP contribution in [0.15, 0.2) is 58.3 Å². The summed E-state index contributed by atoms with van der Waals surface area (Å²) in [6, 6.07) is 13.2. The molecule has 0 heterocycles. The van der Waals surface area contributed by atoms with Gasteiger partial charge in [-0.3, -0.25) is 0 Å². The Morgan fingerprint density at radius 3 is 1.68 bits per heavy atom. The summed E-state index contributed by atoms with van der Waals surface area (Å²) in [5.41, 5.74) is 1.12. The normalized spacial score (nSPS) is 11.8. The smallest absolute Gasteiger partial charge is 0.206 e. The Labute approximate surface area is 119 Å². The van der Waals surface area contributed by atoms with Crippen LogP contribution in [0.5, 0.6) is 0 Å². The van der Waals surface area contributed by atoms with Crippen LogP contribution in [-0.2, 0) is 9.84 Å². The third-order valence-corrected chi connectivity index (χ3v) is 5.02. The van der Waals surface area contributed by atoms with E-state index in [4.69, 9.17) is 11.6 Å². The van der Waals surface area contributed by atoms with Crippen molar-refractivity contribution in [3.8, 4) is 0 Å². The molecular formula is C15H15ClO2S. The van der Waals surface area contributed by atoms with Gasteiger partial charge in [-0.1, -0.05) is 37.6 Å². The lowest BCUT2D eigenvalue weighted by atomic mass is 10.0. The lowest BCUT2D eigenvalue weighted by Gasteiger charge is -2.08. The molecule has 0 saturated carbocycles. The second kappa shape index (κ2) is 5.35. The molecule has 0 bridgehead atoms. The van der Waals surface area contributed by atoms with Crippen LogP contribution in [0.4, 0.5) is 0 Å². The minimum absolute atomic E-state index is 0.259. The predicted octanol–water partition coefficient (Wildman–Crippen LogP) is 4.30. The van der Waals surface area contributed by atoms with Gasteiger partial charge in [-0.2, -0.15) is 0 Å². The third kappa shape index (κ3) is 2.99. The van der Waals surface area contributed by atoms with Crippen LogP contribution in [0.3, 0.4) is 0 Å². The molecule has 0 aliphatic heterocycles. The Morgan fingerprint density at radius 1 is 0.842 bits per heavy atom. The van der Waals surface area contributed by atoms with E-state index in [0.717, 1.165) is 5.56 Å². The average molecular weight is 295 g/mol. The first kappa shape index (κ1) is 14.1. The zero-order chi connectivity index (χ0) is 14.0. The van der Waals surface area contributed by atoms with Gasteiger partial charge in [0.15, 0.2) is 0 Å². The van der Waals surface area contributed by atoms with E-state index in [1.807, 2.05) is 12.1 Å². The first-order valence-electron chi connectivity index (χ1n) is 6.02. The summed E-state index contributed by atoms with van der Waals surface area (Å²) in [5.74, 6) is 0.382. The monoisotopic (exact) mass is 294 g/mol. The SMILES string of the molecule is CC(C)c1ccc(S(=O)(=O)c2ccc(Cl)cc2)cc1. The molecule has 100 valence electrons. The molecule has 2 nitrogen and oxygen atoms in total. The quantitative estimate of drug-likeness (QED) is 0.846. The largest absolute Gasteiger partial charge is 0.219 e. The first-order chi connectivity index (χ1) is 8.91. The Hall–Kier alpha value is -1.32. The highest BCUT2D eigenvalue weighted by atomic mass is 35.5. The molecule has 0 atom stereocenters. The first-order valence-corrected chi connectivity index (χ1v) is 7.88. The van der Waals surface area contributed by atoms with Crippen molar-refractivity contribution in [1.29, 1.82) is 0 Å². The van der Waals surface area contributed by atoms with E-state index >= 15 is 0 Å². The molecule has 4 heteroatoms. The van der Waals surface area contributed by atoms with Gasteiger partial charge >= 0.3 is 0 Å². The maximum Gasteiger partial charge on any atom is 0.206 e. The average Bonchev–Trinajstić information content (AvgIpc) is 2.39. The van der Waals surface area contributed by atoms with E-state index in [2.05, 4.69) is 13.8 Å². The minimum Gasteiger partial charge on any atom is -0.219 e. The van der Waals surface area contributed by atoms with Gasteiger partial charge in [0.05, 0.1) is 9.79 Å². The van der Waals surface area contributed by atoms with Gasteiger partial charge < -0.3 is 0 Å². The molecule has 0 aliphatic rings. The molecule has 0 unspecified atom stereocenters. The van der Waals surface area contributed by atoms with Gasteiger partial charge in [-0.25, -0.2) is 8.42 Å². The van der Waals surface area contributed by atoms with Crippen molar-refractivity contribution >= 4 is 21.4 Å². The van der Waals surface area contributed by atoms with Crippen LogP contribution >= 0.6 is 11.6 Å². The standard InChI is InChI=1S/C15H15ClO2S/c1-11(2)12-3-7-14(8-4-12)19(17,18)15-9-5-13(16)6-10-15/h3-11H,1-2H3. The van der Waals surface area contributed by atoms with Crippen LogP contribution in [0, 0.1) is 0 Å². The van der Waals surface area contributed by atoms with Crippen LogP contribution < -0.4 is 0 Å². The van der Waals surface area contributed by atoms with E-state index in [1.54, 1.807) is 24.3 Å². The maximum atomic E-state index is 12.4. The van der Waals surface area contributed by atoms with Crippen molar-refractivity contribution in [2.24, 2.45) is 0 Å². The Kier molecular flexibility index (Phi) is 3.97. The highest BCUT2D eigenvalue weighted by molar-refractivity contribution is 7.91. The number of hydrogen-bond acceptors (Lipinski definition) is 2. The van der Waals surface area contributed by atoms with E-state index in [0.29, 0.717) is 15.8 Å². The molecule has 0 fully saturated rings. The minimum atomic E-state index is -3.46. The summed E-state index contributed by atoms with van der Waals surface area (Å²) in [7, 11) is -3.46. The molecule has 0 spiro atoms. The molecule has 0 N–H and O–H groups in total. The van der Waals surface area contributed by atoms with Gasteiger partial charge in [0.1, 0.15) is 0 Å². The van der Waals surface area contributed by atoms with Crippen molar-refractivity contribution in [2.75, 3.05) is 0 Å². The third-order valence-electron chi connectivity index (χ3n) is 2.98. The van der Waals surface area contributed by atoms with E-state index in [1.165, 1.54) is 12.1 Å². The van der Waals surface area contributed by atoms with Crippen molar-refractivity contribution in [3.05, 3.63) is 59.1 Å². The second-order valence-electron chi connectivity index (χ2n) is 4.68. The lowest BCUT2D eigenvalue weighted by Crippen LogP contribution is -2.02.